The average molecular weight is 327 g/mol. The van der Waals surface area contributed by atoms with Crippen molar-refractivity contribution < 1.29 is 9.13 Å². The fourth-order valence-electron chi connectivity index (χ4n) is 2.32. The van der Waals surface area contributed by atoms with E-state index in [9.17, 15) is 4.39 Å². The van der Waals surface area contributed by atoms with Crippen LogP contribution in [0.3, 0.4) is 0 Å². The molecule has 1 saturated carbocycles. The molecule has 1 aliphatic carbocycles. The molecule has 102 valence electrons. The SMILES string of the molecule is N#Cc1ccc(OC2CCCCCC2N)c(F)c1Br. The zero-order chi connectivity index (χ0) is 13.8. The Labute approximate surface area is 120 Å². The van der Waals surface area contributed by atoms with Gasteiger partial charge in [0, 0.05) is 6.04 Å². The molecule has 2 N–H and O–H groups in total. The minimum absolute atomic E-state index is 0.0590. The summed E-state index contributed by atoms with van der Waals surface area (Å²) in [5, 5.41) is 8.83. The highest BCUT2D eigenvalue weighted by Crippen LogP contribution is 2.30. The zero-order valence-corrected chi connectivity index (χ0v) is 12.1. The quantitative estimate of drug-likeness (QED) is 0.846. The minimum atomic E-state index is -0.532. The fourth-order valence-corrected chi connectivity index (χ4v) is 2.74. The van der Waals surface area contributed by atoms with Crippen molar-refractivity contribution in [2.75, 3.05) is 0 Å². The molecule has 5 heteroatoms. The van der Waals surface area contributed by atoms with E-state index in [1.165, 1.54) is 6.07 Å². The van der Waals surface area contributed by atoms with Gasteiger partial charge in [-0.15, -0.1) is 0 Å². The third-order valence-electron chi connectivity index (χ3n) is 3.45. The molecule has 0 saturated heterocycles. The average Bonchev–Trinajstić information content (AvgIpc) is 2.61. The Kier molecular flexibility index (Phi) is 4.78. The van der Waals surface area contributed by atoms with Crippen molar-refractivity contribution in [2.24, 2.45) is 5.73 Å². The van der Waals surface area contributed by atoms with Gasteiger partial charge < -0.3 is 10.5 Å². The van der Waals surface area contributed by atoms with E-state index in [0.717, 1.165) is 32.1 Å². The summed E-state index contributed by atoms with van der Waals surface area (Å²) in [6.07, 6.45) is 4.89. The number of ether oxygens (including phenoxy) is 1. The first-order chi connectivity index (χ1) is 9.13. The topological polar surface area (TPSA) is 59.0 Å². The van der Waals surface area contributed by atoms with E-state index >= 15 is 0 Å². The van der Waals surface area contributed by atoms with E-state index in [0.29, 0.717) is 0 Å². The van der Waals surface area contributed by atoms with E-state index in [1.54, 1.807) is 6.07 Å². The predicted octanol–water partition coefficient (Wildman–Crippen LogP) is 3.50. The molecule has 1 aromatic rings. The number of nitrogens with zero attached hydrogens (tertiary/aromatic N) is 1. The van der Waals surface area contributed by atoms with Gasteiger partial charge in [-0.1, -0.05) is 12.8 Å². The van der Waals surface area contributed by atoms with Gasteiger partial charge in [-0.05, 0) is 47.3 Å². The monoisotopic (exact) mass is 326 g/mol. The summed E-state index contributed by atoms with van der Waals surface area (Å²) in [6.45, 7) is 0. The van der Waals surface area contributed by atoms with Crippen LogP contribution in [-0.4, -0.2) is 12.1 Å². The number of hydrogen-bond donors (Lipinski definition) is 1. The lowest BCUT2D eigenvalue weighted by atomic mass is 10.1. The van der Waals surface area contributed by atoms with Crippen molar-refractivity contribution in [3.8, 4) is 11.8 Å². The lowest BCUT2D eigenvalue weighted by molar-refractivity contribution is 0.156. The Hall–Kier alpha value is -1.12. The summed E-state index contributed by atoms with van der Waals surface area (Å²) in [6, 6.07) is 4.90. The van der Waals surface area contributed by atoms with Crippen molar-refractivity contribution in [1.82, 2.24) is 0 Å². The normalized spacial score (nSPS) is 23.5. The van der Waals surface area contributed by atoms with Gasteiger partial charge in [0.25, 0.3) is 0 Å². The molecule has 19 heavy (non-hydrogen) atoms. The highest BCUT2D eigenvalue weighted by atomic mass is 79.9. The molecule has 2 unspecified atom stereocenters. The van der Waals surface area contributed by atoms with Gasteiger partial charge in [0.05, 0.1) is 10.0 Å². The van der Waals surface area contributed by atoms with Crippen molar-refractivity contribution >= 4 is 15.9 Å². The zero-order valence-electron chi connectivity index (χ0n) is 10.5. The largest absolute Gasteiger partial charge is 0.486 e. The van der Waals surface area contributed by atoms with Crippen LogP contribution in [0.2, 0.25) is 0 Å². The summed E-state index contributed by atoms with van der Waals surface area (Å²) in [5.41, 5.74) is 6.32. The summed E-state index contributed by atoms with van der Waals surface area (Å²) in [7, 11) is 0. The maximum Gasteiger partial charge on any atom is 0.180 e. The second kappa shape index (κ2) is 6.36. The van der Waals surface area contributed by atoms with Crippen LogP contribution >= 0.6 is 15.9 Å². The Bertz CT molecular complexity index is 501. The van der Waals surface area contributed by atoms with Gasteiger partial charge in [-0.2, -0.15) is 5.26 Å². The molecular formula is C14H16BrFN2O. The second-order valence-electron chi connectivity index (χ2n) is 4.81. The van der Waals surface area contributed by atoms with Crippen LogP contribution in [0.4, 0.5) is 4.39 Å². The molecule has 0 radical (unpaired) electrons. The maximum atomic E-state index is 14.1. The number of halogens is 2. The van der Waals surface area contributed by atoms with Crippen LogP contribution in [0.5, 0.6) is 5.75 Å². The van der Waals surface area contributed by atoms with Gasteiger partial charge in [-0.25, -0.2) is 4.39 Å². The van der Waals surface area contributed by atoms with Gasteiger partial charge in [-0.3, -0.25) is 0 Å². The van der Waals surface area contributed by atoms with Gasteiger partial charge in [0.15, 0.2) is 11.6 Å². The maximum absolute atomic E-state index is 14.1. The Morgan fingerprint density at radius 1 is 1.32 bits per heavy atom. The Morgan fingerprint density at radius 2 is 2.05 bits per heavy atom. The van der Waals surface area contributed by atoms with E-state index in [2.05, 4.69) is 15.9 Å². The first kappa shape index (κ1) is 14.3. The van der Waals surface area contributed by atoms with Gasteiger partial charge in [0.2, 0.25) is 0 Å². The molecule has 1 aliphatic rings. The van der Waals surface area contributed by atoms with Crippen LogP contribution in [0, 0.1) is 17.1 Å². The molecule has 1 fully saturated rings. The standard InChI is InChI=1S/C14H16BrFN2O/c15-13-9(8-17)6-7-12(14(13)16)19-11-5-3-1-2-4-10(11)18/h6-7,10-11H,1-5,18H2. The smallest absolute Gasteiger partial charge is 0.180 e. The molecule has 1 aromatic carbocycles. The van der Waals surface area contributed by atoms with Gasteiger partial charge >= 0.3 is 0 Å². The molecule has 2 rings (SSSR count). The molecule has 0 bridgehead atoms. The molecule has 2 atom stereocenters. The van der Waals surface area contributed by atoms with Gasteiger partial charge in [0.1, 0.15) is 12.2 Å². The van der Waals surface area contributed by atoms with Crippen molar-refractivity contribution in [3.05, 3.63) is 28.0 Å². The van der Waals surface area contributed by atoms with Crippen LogP contribution in [0.15, 0.2) is 16.6 Å². The molecule has 0 heterocycles. The van der Waals surface area contributed by atoms with E-state index in [1.807, 2.05) is 6.07 Å². The molecule has 3 nitrogen and oxygen atoms in total. The first-order valence-corrected chi connectivity index (χ1v) is 7.23. The van der Waals surface area contributed by atoms with E-state index < -0.39 is 5.82 Å². The third kappa shape index (κ3) is 3.26. The summed E-state index contributed by atoms with van der Waals surface area (Å²) in [5.74, 6) is -0.372. The molecule has 0 aromatic heterocycles. The predicted molar refractivity (Wildman–Crippen MR) is 74.3 cm³/mol. The van der Waals surface area contributed by atoms with Crippen molar-refractivity contribution in [2.45, 2.75) is 44.2 Å². The number of nitrogens with two attached hydrogens (primary N) is 1. The number of benzene rings is 1. The Balaban J connectivity index is 2.19. The number of nitriles is 1. The fraction of sp³-hybridized carbons (Fsp3) is 0.500. The lowest BCUT2D eigenvalue weighted by Gasteiger charge is -2.23. The molecular weight excluding hydrogens is 311 g/mol. The van der Waals surface area contributed by atoms with Crippen LogP contribution in [-0.2, 0) is 0 Å². The first-order valence-electron chi connectivity index (χ1n) is 6.44. The summed E-state index contributed by atoms with van der Waals surface area (Å²) >= 11 is 3.08. The van der Waals surface area contributed by atoms with Crippen molar-refractivity contribution in [3.63, 3.8) is 0 Å². The highest BCUT2D eigenvalue weighted by molar-refractivity contribution is 9.10. The van der Waals surface area contributed by atoms with Crippen molar-refractivity contribution in [1.29, 1.82) is 5.26 Å². The Morgan fingerprint density at radius 3 is 2.79 bits per heavy atom. The minimum Gasteiger partial charge on any atom is -0.486 e. The summed E-state index contributed by atoms with van der Waals surface area (Å²) in [4.78, 5) is 0. The lowest BCUT2D eigenvalue weighted by Crippen LogP contribution is -2.38. The van der Waals surface area contributed by atoms with E-state index in [-0.39, 0.29) is 27.9 Å². The van der Waals surface area contributed by atoms with Crippen LogP contribution < -0.4 is 10.5 Å². The summed E-state index contributed by atoms with van der Waals surface area (Å²) < 4.78 is 19.9. The molecule has 0 amide bonds. The number of hydrogen-bond acceptors (Lipinski definition) is 3. The van der Waals surface area contributed by atoms with Crippen LogP contribution in [0.25, 0.3) is 0 Å². The molecule has 0 spiro atoms. The second-order valence-corrected chi connectivity index (χ2v) is 5.60. The van der Waals surface area contributed by atoms with E-state index in [4.69, 9.17) is 15.7 Å². The number of rotatable bonds is 2. The van der Waals surface area contributed by atoms with Crippen LogP contribution in [0.1, 0.15) is 37.7 Å². The third-order valence-corrected chi connectivity index (χ3v) is 4.22. The molecule has 0 aliphatic heterocycles. The highest BCUT2D eigenvalue weighted by Gasteiger charge is 2.24.